The minimum absolute atomic E-state index is 0.00278. The molecule has 2 aromatic heterocycles. The van der Waals surface area contributed by atoms with Gasteiger partial charge in [0.05, 0.1) is 22.0 Å². The largest absolute Gasteiger partial charge is 0.361 e. The smallest absolute Gasteiger partial charge is 0.259 e. The molecule has 0 radical (unpaired) electrons. The molecule has 1 aliphatic heterocycles. The Hall–Kier alpha value is -2.21. The summed E-state index contributed by atoms with van der Waals surface area (Å²) in [5.74, 6) is 0.588. The second kappa shape index (κ2) is 5.45. The first kappa shape index (κ1) is 14.4. The highest BCUT2D eigenvalue weighted by Gasteiger charge is 2.35. The molecule has 1 fully saturated rings. The van der Waals surface area contributed by atoms with E-state index < -0.39 is 0 Å². The summed E-state index contributed by atoms with van der Waals surface area (Å²) in [5, 5.41) is 4.92. The molecule has 3 heterocycles. The van der Waals surface area contributed by atoms with Crippen LogP contribution in [0.2, 0.25) is 0 Å². The average Bonchev–Trinajstić information content (AvgIpc) is 3.24. The van der Waals surface area contributed by atoms with Gasteiger partial charge in [0.15, 0.2) is 0 Å². The van der Waals surface area contributed by atoms with E-state index in [0.29, 0.717) is 17.0 Å². The summed E-state index contributed by atoms with van der Waals surface area (Å²) in [6.45, 7) is 4.35. The van der Waals surface area contributed by atoms with Crippen LogP contribution in [0.15, 0.2) is 28.8 Å². The van der Waals surface area contributed by atoms with Crippen molar-refractivity contribution in [1.29, 1.82) is 0 Å². The monoisotopic (exact) mass is 327 g/mol. The van der Waals surface area contributed by atoms with E-state index in [1.54, 1.807) is 18.3 Å². The van der Waals surface area contributed by atoms with Crippen molar-refractivity contribution >= 4 is 27.5 Å². The van der Waals surface area contributed by atoms with Crippen LogP contribution in [0.1, 0.15) is 45.7 Å². The van der Waals surface area contributed by atoms with Gasteiger partial charge in [0.25, 0.3) is 5.91 Å². The van der Waals surface area contributed by atoms with Crippen LogP contribution in [0.25, 0.3) is 10.2 Å². The van der Waals surface area contributed by atoms with Gasteiger partial charge in [-0.15, -0.1) is 11.3 Å². The van der Waals surface area contributed by atoms with Crippen LogP contribution in [0.4, 0.5) is 0 Å². The van der Waals surface area contributed by atoms with E-state index in [0.717, 1.165) is 29.9 Å². The highest BCUT2D eigenvalue weighted by Crippen LogP contribution is 2.37. The molecule has 1 amide bonds. The molecular weight excluding hydrogens is 310 g/mol. The Morgan fingerprint density at radius 2 is 2.17 bits per heavy atom. The Labute approximate surface area is 137 Å². The maximum atomic E-state index is 13.0. The van der Waals surface area contributed by atoms with E-state index in [4.69, 9.17) is 9.51 Å². The first-order valence-corrected chi connectivity index (χ1v) is 8.56. The van der Waals surface area contributed by atoms with Gasteiger partial charge in [-0.2, -0.15) is 0 Å². The Morgan fingerprint density at radius 3 is 2.91 bits per heavy atom. The molecule has 0 bridgehead atoms. The highest BCUT2D eigenvalue weighted by atomic mass is 32.1. The minimum Gasteiger partial charge on any atom is -0.361 e. The number of likely N-dealkylation sites (tertiary alicyclic amines) is 1. The van der Waals surface area contributed by atoms with Gasteiger partial charge in [0.1, 0.15) is 16.3 Å². The fourth-order valence-corrected chi connectivity index (χ4v) is 4.35. The van der Waals surface area contributed by atoms with E-state index in [2.05, 4.69) is 11.2 Å². The number of benzene rings is 1. The van der Waals surface area contributed by atoms with Crippen LogP contribution in [0.3, 0.4) is 0 Å². The first-order chi connectivity index (χ1) is 11.1. The van der Waals surface area contributed by atoms with Gasteiger partial charge in [-0.3, -0.25) is 4.79 Å². The molecule has 3 aromatic rings. The maximum Gasteiger partial charge on any atom is 0.259 e. The SMILES string of the molecule is Cc1noc(C)c1C(=O)N1CCCC1c1nc2ccccc2s1. The Balaban J connectivity index is 1.70. The molecular formula is C17H17N3O2S. The van der Waals surface area contributed by atoms with Crippen molar-refractivity contribution in [3.05, 3.63) is 46.3 Å². The number of carbonyl (C=O) groups excluding carboxylic acids is 1. The minimum atomic E-state index is 0.00278. The summed E-state index contributed by atoms with van der Waals surface area (Å²) in [6.07, 6.45) is 1.95. The molecule has 0 aliphatic carbocycles. The van der Waals surface area contributed by atoms with Crippen molar-refractivity contribution in [1.82, 2.24) is 15.0 Å². The molecule has 0 N–H and O–H groups in total. The fraction of sp³-hybridized carbons (Fsp3) is 0.353. The highest BCUT2D eigenvalue weighted by molar-refractivity contribution is 7.18. The third-order valence-corrected chi connectivity index (χ3v) is 5.49. The van der Waals surface area contributed by atoms with E-state index in [-0.39, 0.29) is 11.9 Å². The summed E-state index contributed by atoms with van der Waals surface area (Å²) < 4.78 is 6.32. The Morgan fingerprint density at radius 1 is 1.35 bits per heavy atom. The van der Waals surface area contributed by atoms with Gasteiger partial charge >= 0.3 is 0 Å². The number of aryl methyl sites for hydroxylation is 2. The molecule has 4 rings (SSSR count). The zero-order valence-electron chi connectivity index (χ0n) is 13.1. The quantitative estimate of drug-likeness (QED) is 0.717. The first-order valence-electron chi connectivity index (χ1n) is 7.74. The van der Waals surface area contributed by atoms with Crippen LogP contribution >= 0.6 is 11.3 Å². The normalized spacial score (nSPS) is 18.0. The summed E-state index contributed by atoms with van der Waals surface area (Å²) >= 11 is 1.68. The zero-order valence-corrected chi connectivity index (χ0v) is 13.9. The summed E-state index contributed by atoms with van der Waals surface area (Å²) in [7, 11) is 0. The molecule has 1 aliphatic rings. The number of amides is 1. The summed E-state index contributed by atoms with van der Waals surface area (Å²) in [4.78, 5) is 19.6. The number of fused-ring (bicyclic) bond motifs is 1. The maximum absolute atomic E-state index is 13.0. The summed E-state index contributed by atoms with van der Waals surface area (Å²) in [5.41, 5.74) is 2.25. The van der Waals surface area contributed by atoms with Gasteiger partial charge < -0.3 is 9.42 Å². The number of hydrogen-bond acceptors (Lipinski definition) is 5. The van der Waals surface area contributed by atoms with Gasteiger partial charge in [0.2, 0.25) is 0 Å². The molecule has 6 heteroatoms. The average molecular weight is 327 g/mol. The molecule has 23 heavy (non-hydrogen) atoms. The van der Waals surface area contributed by atoms with Crippen molar-refractivity contribution in [3.8, 4) is 0 Å². The van der Waals surface area contributed by atoms with Gasteiger partial charge in [0, 0.05) is 6.54 Å². The predicted molar refractivity (Wildman–Crippen MR) is 88.6 cm³/mol. The third-order valence-electron chi connectivity index (χ3n) is 4.36. The number of carbonyl (C=O) groups is 1. The van der Waals surface area contributed by atoms with Gasteiger partial charge in [-0.1, -0.05) is 17.3 Å². The predicted octanol–water partition coefficient (Wildman–Crippen LogP) is 3.88. The lowest BCUT2D eigenvalue weighted by Crippen LogP contribution is -2.31. The second-order valence-electron chi connectivity index (χ2n) is 5.88. The second-order valence-corrected chi connectivity index (χ2v) is 6.94. The Kier molecular flexibility index (Phi) is 3.41. The molecule has 0 saturated carbocycles. The van der Waals surface area contributed by atoms with Crippen molar-refractivity contribution in [2.24, 2.45) is 0 Å². The van der Waals surface area contributed by atoms with Crippen molar-refractivity contribution in [2.45, 2.75) is 32.7 Å². The summed E-state index contributed by atoms with van der Waals surface area (Å²) in [6, 6.07) is 8.16. The van der Waals surface area contributed by atoms with Crippen LogP contribution in [0, 0.1) is 13.8 Å². The van der Waals surface area contributed by atoms with E-state index in [1.165, 1.54) is 4.70 Å². The lowest BCUT2D eigenvalue weighted by molar-refractivity contribution is 0.0733. The van der Waals surface area contributed by atoms with E-state index >= 15 is 0 Å². The van der Waals surface area contributed by atoms with E-state index in [9.17, 15) is 4.79 Å². The standard InChI is InChI=1S/C17H17N3O2S/c1-10-15(11(2)22-19-10)17(21)20-9-5-7-13(20)16-18-12-6-3-4-8-14(12)23-16/h3-4,6,8,13H,5,7,9H2,1-2H3. The van der Waals surface area contributed by atoms with Crippen LogP contribution in [0.5, 0.6) is 0 Å². The lowest BCUT2D eigenvalue weighted by Gasteiger charge is -2.22. The van der Waals surface area contributed by atoms with Crippen molar-refractivity contribution in [3.63, 3.8) is 0 Å². The van der Waals surface area contributed by atoms with Gasteiger partial charge in [-0.25, -0.2) is 4.98 Å². The third kappa shape index (κ3) is 2.34. The van der Waals surface area contributed by atoms with Crippen molar-refractivity contribution < 1.29 is 9.32 Å². The number of aromatic nitrogens is 2. The molecule has 1 saturated heterocycles. The lowest BCUT2D eigenvalue weighted by atomic mass is 10.1. The van der Waals surface area contributed by atoms with Gasteiger partial charge in [-0.05, 0) is 38.8 Å². The van der Waals surface area contributed by atoms with Crippen LogP contribution in [-0.4, -0.2) is 27.5 Å². The van der Waals surface area contributed by atoms with Crippen LogP contribution < -0.4 is 0 Å². The van der Waals surface area contributed by atoms with E-state index in [1.807, 2.05) is 30.0 Å². The Bertz CT molecular complexity index is 830. The molecule has 1 atom stereocenters. The molecule has 0 spiro atoms. The number of thiazole rings is 1. The molecule has 118 valence electrons. The number of para-hydroxylation sites is 1. The molecule has 1 aromatic carbocycles. The molecule has 5 nitrogen and oxygen atoms in total. The number of rotatable bonds is 2. The van der Waals surface area contributed by atoms with Crippen LogP contribution in [-0.2, 0) is 0 Å². The zero-order chi connectivity index (χ0) is 16.0. The fourth-order valence-electron chi connectivity index (χ4n) is 3.23. The molecule has 1 unspecified atom stereocenters. The topological polar surface area (TPSA) is 59.2 Å². The van der Waals surface area contributed by atoms with Crippen molar-refractivity contribution in [2.75, 3.05) is 6.54 Å². The number of hydrogen-bond donors (Lipinski definition) is 0. The number of nitrogens with zero attached hydrogens (tertiary/aromatic N) is 3.